The molecular weight excluding hydrogens is 272 g/mol. The van der Waals surface area contributed by atoms with Crippen molar-refractivity contribution in [2.75, 3.05) is 0 Å². The second kappa shape index (κ2) is 2.98. The molecule has 11 heavy (non-hydrogen) atoms. The van der Waals surface area contributed by atoms with Crippen LogP contribution in [-0.4, -0.2) is 8.90 Å². The lowest BCUT2D eigenvalue weighted by atomic mass is 9.78. The molecule has 2 nitrogen and oxygen atoms in total. The maximum Gasteiger partial charge on any atom is 0.128 e. The lowest BCUT2D eigenvalue weighted by Gasteiger charge is -2.45. The van der Waals surface area contributed by atoms with Crippen molar-refractivity contribution in [3.63, 3.8) is 0 Å². The number of rotatable bonds is 2. The molecule has 4 heteroatoms. The van der Waals surface area contributed by atoms with Crippen LogP contribution < -0.4 is 11.5 Å². The third kappa shape index (κ3) is 2.41. The van der Waals surface area contributed by atoms with Gasteiger partial charge in [0.1, 0.15) is 4.57 Å². The van der Waals surface area contributed by atoms with E-state index in [1.165, 1.54) is 0 Å². The highest BCUT2D eigenvalue weighted by Gasteiger charge is 2.46. The van der Waals surface area contributed by atoms with Crippen molar-refractivity contribution in [3.8, 4) is 0 Å². The molecule has 0 saturated heterocycles. The lowest BCUT2D eigenvalue weighted by Crippen LogP contribution is -2.61. The van der Waals surface area contributed by atoms with E-state index in [-0.39, 0.29) is 9.74 Å². The highest BCUT2D eigenvalue weighted by molar-refractivity contribution is 9.10. The Hall–Kier alpha value is 0.880. The normalized spacial score (nSPS) is 15.3. The topological polar surface area (TPSA) is 52.0 Å². The summed E-state index contributed by atoms with van der Waals surface area (Å²) in [5.74, 6) is 0. The van der Waals surface area contributed by atoms with E-state index in [2.05, 4.69) is 31.9 Å². The number of hydrogen-bond donors (Lipinski definition) is 2. The fourth-order valence-electron chi connectivity index (χ4n) is 0.456. The zero-order valence-electron chi connectivity index (χ0n) is 7.41. The van der Waals surface area contributed by atoms with Crippen molar-refractivity contribution in [1.29, 1.82) is 0 Å². The van der Waals surface area contributed by atoms with E-state index >= 15 is 0 Å². The average molecular weight is 288 g/mol. The summed E-state index contributed by atoms with van der Waals surface area (Å²) < 4.78 is -0.958. The smallest absolute Gasteiger partial charge is 0.128 e. The molecule has 0 bridgehead atoms. The standard InChI is InChI=1S/C7H16Br2N2/c1-5(2,6(3,4)8)7(9,10)11/h10-11H2,1-4H3. The quantitative estimate of drug-likeness (QED) is 0.465. The first-order valence-electron chi connectivity index (χ1n) is 3.46. The molecule has 0 fully saturated rings. The molecule has 4 N–H and O–H groups in total. The van der Waals surface area contributed by atoms with Crippen LogP contribution in [0.15, 0.2) is 0 Å². The van der Waals surface area contributed by atoms with Gasteiger partial charge < -0.3 is 11.5 Å². The molecule has 0 radical (unpaired) electrons. The Kier molecular flexibility index (Phi) is 3.22. The molecule has 0 aliphatic carbocycles. The number of halogens is 2. The SMILES string of the molecule is CC(C)(Br)C(C)(C)C(N)(N)Br. The maximum atomic E-state index is 5.76. The average Bonchev–Trinajstić information content (AvgIpc) is 1.58. The van der Waals surface area contributed by atoms with E-state index in [0.29, 0.717) is 0 Å². The Morgan fingerprint density at radius 2 is 1.18 bits per heavy atom. The highest BCUT2D eigenvalue weighted by Crippen LogP contribution is 2.44. The third-order valence-electron chi connectivity index (χ3n) is 2.44. The molecule has 0 unspecified atom stereocenters. The largest absolute Gasteiger partial charge is 0.304 e. The molecule has 0 atom stereocenters. The van der Waals surface area contributed by atoms with E-state index < -0.39 is 4.57 Å². The summed E-state index contributed by atoms with van der Waals surface area (Å²) in [6.07, 6.45) is 0. The van der Waals surface area contributed by atoms with Crippen LogP contribution in [-0.2, 0) is 0 Å². The van der Waals surface area contributed by atoms with Gasteiger partial charge in [0.2, 0.25) is 0 Å². The Labute approximate surface area is 85.3 Å². The summed E-state index contributed by atoms with van der Waals surface area (Å²) in [6, 6.07) is 0. The second-order valence-corrected chi connectivity index (χ2v) is 7.16. The Balaban J connectivity index is 4.75. The predicted octanol–water partition coefficient (Wildman–Crippen LogP) is 2.15. The van der Waals surface area contributed by atoms with Gasteiger partial charge in [0, 0.05) is 9.74 Å². The molecular formula is C7H16Br2N2. The van der Waals surface area contributed by atoms with Gasteiger partial charge in [-0.15, -0.1) is 0 Å². The van der Waals surface area contributed by atoms with Crippen LogP contribution in [0.4, 0.5) is 0 Å². The fraction of sp³-hybridized carbons (Fsp3) is 1.00. The molecule has 0 heterocycles. The van der Waals surface area contributed by atoms with Crippen LogP contribution in [0.25, 0.3) is 0 Å². The Bertz CT molecular complexity index is 126. The fourth-order valence-corrected chi connectivity index (χ4v) is 1.55. The van der Waals surface area contributed by atoms with Crippen LogP contribution in [0.5, 0.6) is 0 Å². The van der Waals surface area contributed by atoms with E-state index in [1.54, 1.807) is 0 Å². The van der Waals surface area contributed by atoms with E-state index in [0.717, 1.165) is 0 Å². The molecule has 0 saturated carbocycles. The van der Waals surface area contributed by atoms with Crippen LogP contribution in [0.3, 0.4) is 0 Å². The van der Waals surface area contributed by atoms with Gasteiger partial charge in [-0.2, -0.15) is 0 Å². The minimum absolute atomic E-state index is 0.104. The van der Waals surface area contributed by atoms with Crippen molar-refractivity contribution in [2.24, 2.45) is 16.9 Å². The van der Waals surface area contributed by atoms with Crippen molar-refractivity contribution >= 4 is 31.9 Å². The van der Waals surface area contributed by atoms with E-state index in [4.69, 9.17) is 11.5 Å². The molecule has 0 aromatic carbocycles. The first kappa shape index (κ1) is 11.9. The van der Waals surface area contributed by atoms with Crippen LogP contribution in [0, 0.1) is 5.41 Å². The number of nitrogens with two attached hydrogens (primary N) is 2. The van der Waals surface area contributed by atoms with E-state index in [1.807, 2.05) is 27.7 Å². The summed E-state index contributed by atoms with van der Waals surface area (Å²) in [4.78, 5) is 0. The molecule has 0 amide bonds. The van der Waals surface area contributed by atoms with Crippen LogP contribution >= 0.6 is 31.9 Å². The molecule has 0 rings (SSSR count). The van der Waals surface area contributed by atoms with Crippen LogP contribution in [0.2, 0.25) is 0 Å². The van der Waals surface area contributed by atoms with Gasteiger partial charge in [0.05, 0.1) is 0 Å². The zero-order chi connectivity index (χ0) is 9.50. The second-order valence-electron chi connectivity index (χ2n) is 3.87. The first-order chi connectivity index (χ1) is 4.50. The molecule has 0 aromatic heterocycles. The predicted molar refractivity (Wildman–Crippen MR) is 56.8 cm³/mol. The van der Waals surface area contributed by atoms with Crippen LogP contribution in [0.1, 0.15) is 27.7 Å². The Morgan fingerprint density at radius 3 is 1.18 bits per heavy atom. The third-order valence-corrected chi connectivity index (χ3v) is 4.43. The minimum Gasteiger partial charge on any atom is -0.304 e. The summed E-state index contributed by atoms with van der Waals surface area (Å²) in [6.45, 7) is 8.11. The lowest BCUT2D eigenvalue weighted by molar-refractivity contribution is 0.212. The maximum absolute atomic E-state index is 5.76. The minimum atomic E-state index is -0.854. The molecule has 0 aromatic rings. The van der Waals surface area contributed by atoms with Crippen molar-refractivity contribution in [1.82, 2.24) is 0 Å². The summed E-state index contributed by atoms with van der Waals surface area (Å²) in [7, 11) is 0. The molecule has 0 aliphatic rings. The van der Waals surface area contributed by atoms with Crippen molar-refractivity contribution < 1.29 is 0 Å². The summed E-state index contributed by atoms with van der Waals surface area (Å²) in [5, 5.41) is 0. The van der Waals surface area contributed by atoms with Crippen molar-refractivity contribution in [2.45, 2.75) is 36.6 Å². The zero-order valence-corrected chi connectivity index (χ0v) is 10.6. The Morgan fingerprint density at radius 1 is 0.909 bits per heavy atom. The van der Waals surface area contributed by atoms with E-state index in [9.17, 15) is 0 Å². The van der Waals surface area contributed by atoms with Crippen molar-refractivity contribution in [3.05, 3.63) is 0 Å². The van der Waals surface area contributed by atoms with Gasteiger partial charge in [0.25, 0.3) is 0 Å². The van der Waals surface area contributed by atoms with Gasteiger partial charge in [-0.3, -0.25) is 0 Å². The monoisotopic (exact) mass is 286 g/mol. The van der Waals surface area contributed by atoms with Gasteiger partial charge >= 0.3 is 0 Å². The molecule has 0 spiro atoms. The van der Waals surface area contributed by atoms with Gasteiger partial charge in [-0.1, -0.05) is 45.7 Å². The summed E-state index contributed by atoms with van der Waals surface area (Å²) in [5.41, 5.74) is 11.3. The highest BCUT2D eigenvalue weighted by atomic mass is 79.9. The molecule has 68 valence electrons. The number of hydrogen-bond acceptors (Lipinski definition) is 2. The summed E-state index contributed by atoms with van der Waals surface area (Å²) >= 11 is 6.81. The van der Waals surface area contributed by atoms with Gasteiger partial charge in [-0.05, 0) is 13.8 Å². The van der Waals surface area contributed by atoms with Gasteiger partial charge in [-0.25, -0.2) is 0 Å². The number of alkyl halides is 2. The first-order valence-corrected chi connectivity index (χ1v) is 5.04. The van der Waals surface area contributed by atoms with Gasteiger partial charge in [0.15, 0.2) is 0 Å². The molecule has 0 aliphatic heterocycles.